The van der Waals surface area contributed by atoms with Gasteiger partial charge in [-0.2, -0.15) is 5.10 Å². The molecule has 0 spiro atoms. The van der Waals surface area contributed by atoms with Gasteiger partial charge in [-0.15, -0.1) is 0 Å². The fraction of sp³-hybridized carbons (Fsp3) is 0.727. The van der Waals surface area contributed by atoms with E-state index in [0.717, 1.165) is 25.8 Å². The van der Waals surface area contributed by atoms with Gasteiger partial charge in [0.05, 0.1) is 11.5 Å². The topological polar surface area (TPSA) is 64.0 Å². The Labute approximate surface area is 102 Å². The summed E-state index contributed by atoms with van der Waals surface area (Å²) in [5.41, 5.74) is 1.20. The van der Waals surface area contributed by atoms with Crippen molar-refractivity contribution in [2.24, 2.45) is 7.05 Å². The summed E-state index contributed by atoms with van der Waals surface area (Å²) in [5.74, 6) is 0.659. The van der Waals surface area contributed by atoms with Crippen LogP contribution < -0.4 is 5.32 Å². The number of rotatable bonds is 4. The van der Waals surface area contributed by atoms with Gasteiger partial charge in [0.25, 0.3) is 0 Å². The molecule has 0 aliphatic carbocycles. The first kappa shape index (κ1) is 12.6. The number of sulfone groups is 1. The molecule has 0 unspecified atom stereocenters. The molecule has 0 bridgehead atoms. The average Bonchev–Trinajstić information content (AvgIpc) is 2.67. The molecule has 1 fully saturated rings. The molecule has 0 saturated carbocycles. The second-order valence-electron chi connectivity index (χ2n) is 4.58. The van der Waals surface area contributed by atoms with Gasteiger partial charge in [-0.05, 0) is 18.9 Å². The van der Waals surface area contributed by atoms with E-state index in [0.29, 0.717) is 17.5 Å². The second kappa shape index (κ2) is 5.18. The molecule has 1 saturated heterocycles. The molecule has 2 rings (SSSR count). The molecule has 17 heavy (non-hydrogen) atoms. The first-order chi connectivity index (χ1) is 8.07. The van der Waals surface area contributed by atoms with Crippen molar-refractivity contribution >= 4 is 9.84 Å². The lowest BCUT2D eigenvalue weighted by Crippen LogP contribution is -2.38. The summed E-state index contributed by atoms with van der Waals surface area (Å²) in [7, 11) is -0.812. The number of hydrogen-bond acceptors (Lipinski definition) is 4. The van der Waals surface area contributed by atoms with Gasteiger partial charge in [0.2, 0.25) is 0 Å². The molecule has 0 radical (unpaired) electrons. The Morgan fingerprint density at radius 1 is 1.47 bits per heavy atom. The van der Waals surface area contributed by atoms with Crippen LogP contribution >= 0.6 is 0 Å². The molecule has 96 valence electrons. The molecule has 6 heteroatoms. The fourth-order valence-electron chi connectivity index (χ4n) is 2.15. The molecule has 1 aliphatic heterocycles. The summed E-state index contributed by atoms with van der Waals surface area (Å²) in [6.45, 7) is 0.879. The van der Waals surface area contributed by atoms with Crippen LogP contribution in [0.15, 0.2) is 12.3 Å². The van der Waals surface area contributed by atoms with E-state index in [9.17, 15) is 8.42 Å². The van der Waals surface area contributed by atoms with Gasteiger partial charge < -0.3 is 5.32 Å². The molecule has 5 nitrogen and oxygen atoms in total. The van der Waals surface area contributed by atoms with Crippen LogP contribution in [0.4, 0.5) is 0 Å². The largest absolute Gasteiger partial charge is 0.314 e. The third-order valence-corrected chi connectivity index (χ3v) is 5.01. The molecule has 1 aromatic heterocycles. The maximum atomic E-state index is 11.3. The van der Waals surface area contributed by atoms with Crippen molar-refractivity contribution in [2.45, 2.75) is 25.3 Å². The monoisotopic (exact) mass is 257 g/mol. The second-order valence-corrected chi connectivity index (χ2v) is 6.88. The summed E-state index contributed by atoms with van der Waals surface area (Å²) in [4.78, 5) is 0. The zero-order chi connectivity index (χ0) is 12.3. The highest BCUT2D eigenvalue weighted by Crippen LogP contribution is 2.12. The molecule has 0 amide bonds. The summed E-state index contributed by atoms with van der Waals surface area (Å²) < 4.78 is 24.4. The minimum atomic E-state index is -2.74. The number of hydrogen-bond donors (Lipinski definition) is 1. The van der Waals surface area contributed by atoms with Crippen molar-refractivity contribution in [1.82, 2.24) is 15.1 Å². The number of nitrogens with one attached hydrogen (secondary N) is 1. The maximum absolute atomic E-state index is 11.3. The van der Waals surface area contributed by atoms with Crippen molar-refractivity contribution in [3.05, 3.63) is 18.0 Å². The highest BCUT2D eigenvalue weighted by atomic mass is 32.2. The lowest BCUT2D eigenvalue weighted by atomic mass is 10.1. The smallest absolute Gasteiger partial charge is 0.150 e. The lowest BCUT2D eigenvalue weighted by molar-refractivity contribution is 0.463. The molecule has 0 atom stereocenters. The van der Waals surface area contributed by atoms with E-state index >= 15 is 0 Å². The third-order valence-electron chi connectivity index (χ3n) is 3.29. The quantitative estimate of drug-likeness (QED) is 0.833. The lowest BCUT2D eigenvalue weighted by Gasteiger charge is -2.23. The molecule has 2 heterocycles. The molecular weight excluding hydrogens is 238 g/mol. The minimum absolute atomic E-state index is 0.330. The SMILES string of the molecule is Cn1nccc1CCNC1CCS(=O)(=O)CC1. The Morgan fingerprint density at radius 2 is 2.18 bits per heavy atom. The van der Waals surface area contributed by atoms with Crippen LogP contribution in [0.1, 0.15) is 18.5 Å². The first-order valence-corrected chi connectivity index (χ1v) is 7.80. The van der Waals surface area contributed by atoms with Crippen LogP contribution in [0, 0.1) is 0 Å². The van der Waals surface area contributed by atoms with Crippen molar-refractivity contribution < 1.29 is 8.42 Å². The van der Waals surface area contributed by atoms with E-state index in [1.54, 1.807) is 6.20 Å². The molecular formula is C11H19N3O2S. The minimum Gasteiger partial charge on any atom is -0.314 e. The van der Waals surface area contributed by atoms with Crippen LogP contribution in [0.25, 0.3) is 0 Å². The van der Waals surface area contributed by atoms with Gasteiger partial charge in [0.1, 0.15) is 9.84 Å². The van der Waals surface area contributed by atoms with Crippen molar-refractivity contribution in [3.8, 4) is 0 Å². The van der Waals surface area contributed by atoms with Crippen molar-refractivity contribution in [1.29, 1.82) is 0 Å². The molecule has 0 aromatic carbocycles. The maximum Gasteiger partial charge on any atom is 0.150 e. The van der Waals surface area contributed by atoms with Crippen LogP contribution in [-0.4, -0.2) is 42.3 Å². The van der Waals surface area contributed by atoms with E-state index in [1.165, 1.54) is 5.69 Å². The number of nitrogens with zero attached hydrogens (tertiary/aromatic N) is 2. The van der Waals surface area contributed by atoms with Gasteiger partial charge in [-0.3, -0.25) is 4.68 Å². The Bertz CT molecular complexity index is 453. The summed E-state index contributed by atoms with van der Waals surface area (Å²) in [5, 5.41) is 7.53. The van der Waals surface area contributed by atoms with E-state index in [2.05, 4.69) is 10.4 Å². The van der Waals surface area contributed by atoms with E-state index in [1.807, 2.05) is 17.8 Å². The highest BCUT2D eigenvalue weighted by Gasteiger charge is 2.22. The van der Waals surface area contributed by atoms with E-state index in [4.69, 9.17) is 0 Å². The standard InChI is InChI=1S/C11H19N3O2S/c1-14-11(3-7-13-14)2-6-12-10-4-8-17(15,16)9-5-10/h3,7,10,12H,2,4-6,8-9H2,1H3. The average molecular weight is 257 g/mol. The van der Waals surface area contributed by atoms with Crippen molar-refractivity contribution in [2.75, 3.05) is 18.1 Å². The van der Waals surface area contributed by atoms with E-state index in [-0.39, 0.29) is 0 Å². The Balaban J connectivity index is 1.72. The highest BCUT2D eigenvalue weighted by molar-refractivity contribution is 7.91. The summed E-state index contributed by atoms with van der Waals surface area (Å²) in [6, 6.07) is 2.36. The zero-order valence-electron chi connectivity index (χ0n) is 10.1. The molecule has 1 aliphatic rings. The normalized spacial score (nSPS) is 20.5. The summed E-state index contributed by atoms with van der Waals surface area (Å²) in [6.07, 6.45) is 4.21. The fourth-order valence-corrected chi connectivity index (χ4v) is 3.64. The summed E-state index contributed by atoms with van der Waals surface area (Å²) >= 11 is 0. The Hall–Kier alpha value is -0.880. The number of aromatic nitrogens is 2. The number of aryl methyl sites for hydroxylation is 1. The predicted octanol–water partition coefficient (Wildman–Crippen LogP) is 0.129. The van der Waals surface area contributed by atoms with Gasteiger partial charge in [-0.1, -0.05) is 0 Å². The van der Waals surface area contributed by atoms with Gasteiger partial charge in [0, 0.05) is 37.9 Å². The van der Waals surface area contributed by atoms with Gasteiger partial charge in [0.15, 0.2) is 0 Å². The van der Waals surface area contributed by atoms with Crippen LogP contribution in [-0.2, 0) is 23.3 Å². The van der Waals surface area contributed by atoms with Crippen LogP contribution in [0.5, 0.6) is 0 Å². The Kier molecular flexibility index (Phi) is 3.83. The third kappa shape index (κ3) is 3.54. The van der Waals surface area contributed by atoms with Gasteiger partial charge in [-0.25, -0.2) is 8.42 Å². The van der Waals surface area contributed by atoms with Crippen LogP contribution in [0.2, 0.25) is 0 Å². The van der Waals surface area contributed by atoms with E-state index < -0.39 is 9.84 Å². The van der Waals surface area contributed by atoms with Crippen LogP contribution in [0.3, 0.4) is 0 Å². The molecule has 1 N–H and O–H groups in total. The predicted molar refractivity (Wildman–Crippen MR) is 66.6 cm³/mol. The van der Waals surface area contributed by atoms with Crippen molar-refractivity contribution in [3.63, 3.8) is 0 Å². The first-order valence-electron chi connectivity index (χ1n) is 5.97. The zero-order valence-corrected chi connectivity index (χ0v) is 10.9. The molecule has 1 aromatic rings. The Morgan fingerprint density at radius 3 is 2.76 bits per heavy atom. The van der Waals surface area contributed by atoms with Gasteiger partial charge >= 0.3 is 0 Å².